The van der Waals surface area contributed by atoms with Crippen molar-refractivity contribution in [2.75, 3.05) is 6.61 Å². The number of aliphatic hydroxyl groups is 3. The zero-order chi connectivity index (χ0) is 28.1. The van der Waals surface area contributed by atoms with Crippen molar-refractivity contribution in [3.63, 3.8) is 0 Å². The average molecular weight is 547 g/mol. The van der Waals surface area contributed by atoms with E-state index in [9.17, 15) is 15.3 Å². The van der Waals surface area contributed by atoms with Crippen LogP contribution in [-0.2, 0) is 9.47 Å². The highest BCUT2D eigenvalue weighted by Gasteiger charge is 2.59. The molecule has 5 rings (SSSR count). The van der Waals surface area contributed by atoms with Gasteiger partial charge in [0, 0.05) is 0 Å². The normalized spacial score (nSPS) is 47.6. The minimum atomic E-state index is -1.22. The van der Waals surface area contributed by atoms with Gasteiger partial charge in [-0.3, -0.25) is 0 Å². The Morgan fingerprint density at radius 2 is 1.74 bits per heavy atom. The van der Waals surface area contributed by atoms with Gasteiger partial charge in [0.15, 0.2) is 6.29 Å². The van der Waals surface area contributed by atoms with E-state index in [1.165, 1.54) is 51.4 Å². The summed E-state index contributed by atoms with van der Waals surface area (Å²) in [4.78, 5) is 0. The molecule has 0 amide bonds. The molecular weight excluding hydrogens is 488 g/mol. The van der Waals surface area contributed by atoms with Gasteiger partial charge in [0.2, 0.25) is 0 Å². The highest BCUT2D eigenvalue weighted by atomic mass is 16.7. The Labute approximate surface area is 238 Å². The number of rotatable bonds is 8. The summed E-state index contributed by atoms with van der Waals surface area (Å²) in [6.07, 6.45) is 12.1. The molecule has 1 saturated heterocycles. The molecule has 4 aliphatic carbocycles. The van der Waals surface area contributed by atoms with Crippen molar-refractivity contribution in [3.8, 4) is 0 Å². The van der Waals surface area contributed by atoms with Crippen molar-refractivity contribution in [1.29, 1.82) is 0 Å². The lowest BCUT2D eigenvalue weighted by molar-refractivity contribution is -0.284. The van der Waals surface area contributed by atoms with Crippen LogP contribution in [0, 0.1) is 52.3 Å². The van der Waals surface area contributed by atoms with E-state index >= 15 is 0 Å². The second kappa shape index (κ2) is 11.7. The maximum atomic E-state index is 10.4. The number of hydrogen-bond donors (Lipinski definition) is 3. The number of fused-ring (bicyclic) bond motifs is 5. The van der Waals surface area contributed by atoms with Crippen molar-refractivity contribution in [3.05, 3.63) is 11.6 Å². The molecule has 39 heavy (non-hydrogen) atoms. The first-order valence-electron chi connectivity index (χ1n) is 16.5. The van der Waals surface area contributed by atoms with Crippen LogP contribution in [0.4, 0.5) is 0 Å². The Morgan fingerprint density at radius 1 is 0.974 bits per heavy atom. The SMILES string of the molecule is CCC(CCC(C)C1CCC2C3CC=C4CC(OC5OCC(O)C(O)C5O)CCC4(C)C3CCC12C)C(C)C. The van der Waals surface area contributed by atoms with Crippen LogP contribution in [0.5, 0.6) is 0 Å². The van der Waals surface area contributed by atoms with E-state index in [2.05, 4.69) is 47.6 Å². The van der Waals surface area contributed by atoms with E-state index in [0.717, 1.165) is 60.7 Å². The predicted octanol–water partition coefficient (Wildman–Crippen LogP) is 6.49. The highest BCUT2D eigenvalue weighted by molar-refractivity contribution is 5.25. The quantitative estimate of drug-likeness (QED) is 0.303. The summed E-state index contributed by atoms with van der Waals surface area (Å²) in [5.74, 6) is 5.83. The predicted molar refractivity (Wildman–Crippen MR) is 155 cm³/mol. The lowest BCUT2D eigenvalue weighted by atomic mass is 9.47. The van der Waals surface area contributed by atoms with Gasteiger partial charge in [-0.25, -0.2) is 0 Å². The molecule has 3 saturated carbocycles. The summed E-state index contributed by atoms with van der Waals surface area (Å²) in [5, 5.41) is 30.2. The lowest BCUT2D eigenvalue weighted by Crippen LogP contribution is -2.55. The van der Waals surface area contributed by atoms with E-state index in [-0.39, 0.29) is 18.1 Å². The van der Waals surface area contributed by atoms with Crippen LogP contribution in [0.3, 0.4) is 0 Å². The van der Waals surface area contributed by atoms with E-state index in [4.69, 9.17) is 9.47 Å². The van der Waals surface area contributed by atoms with Crippen LogP contribution in [0.25, 0.3) is 0 Å². The zero-order valence-electron chi connectivity index (χ0n) is 25.6. The van der Waals surface area contributed by atoms with Gasteiger partial charge in [0.25, 0.3) is 0 Å². The molecule has 224 valence electrons. The van der Waals surface area contributed by atoms with E-state index < -0.39 is 24.6 Å². The lowest BCUT2D eigenvalue weighted by Gasteiger charge is -2.58. The molecule has 5 aliphatic rings. The highest BCUT2D eigenvalue weighted by Crippen LogP contribution is 2.67. The maximum absolute atomic E-state index is 10.4. The summed E-state index contributed by atoms with van der Waals surface area (Å²) in [6.45, 7) is 15.0. The molecule has 13 atom stereocenters. The van der Waals surface area contributed by atoms with E-state index in [1.54, 1.807) is 5.57 Å². The van der Waals surface area contributed by atoms with E-state index in [1.807, 2.05) is 0 Å². The summed E-state index contributed by atoms with van der Waals surface area (Å²) in [7, 11) is 0. The molecule has 3 N–H and O–H groups in total. The van der Waals surface area contributed by atoms with Crippen LogP contribution in [0.15, 0.2) is 11.6 Å². The maximum Gasteiger partial charge on any atom is 0.186 e. The summed E-state index contributed by atoms with van der Waals surface area (Å²) < 4.78 is 11.8. The number of aliphatic hydroxyl groups excluding tert-OH is 3. The molecule has 13 unspecified atom stereocenters. The molecule has 0 aromatic rings. The van der Waals surface area contributed by atoms with Gasteiger partial charge in [-0.15, -0.1) is 0 Å². The summed E-state index contributed by atoms with van der Waals surface area (Å²) >= 11 is 0. The topological polar surface area (TPSA) is 79.2 Å². The number of allylic oxidation sites excluding steroid dienone is 1. The first-order chi connectivity index (χ1) is 18.5. The van der Waals surface area contributed by atoms with Crippen molar-refractivity contribution in [2.24, 2.45) is 52.3 Å². The molecule has 5 nitrogen and oxygen atoms in total. The molecule has 0 radical (unpaired) electrons. The molecule has 0 bridgehead atoms. The molecule has 0 aromatic carbocycles. The molecule has 0 spiro atoms. The van der Waals surface area contributed by atoms with Gasteiger partial charge < -0.3 is 24.8 Å². The third-order valence-corrected chi connectivity index (χ3v) is 13.1. The average Bonchev–Trinajstić information content (AvgIpc) is 3.26. The van der Waals surface area contributed by atoms with Crippen LogP contribution < -0.4 is 0 Å². The molecule has 5 heteroatoms. The fourth-order valence-electron chi connectivity index (χ4n) is 10.5. The smallest absolute Gasteiger partial charge is 0.186 e. The standard InChI is InChI=1S/C34H58O5/c1-7-22(20(2)3)9-8-21(4)26-12-13-27-25-11-10-23-18-24(39-32-31(37)30(36)29(35)19-38-32)14-16-33(23,5)28(25)15-17-34(26,27)6/h10,20-22,24-32,35-37H,7-9,11-19H2,1-6H3. The summed E-state index contributed by atoms with van der Waals surface area (Å²) in [5.41, 5.74) is 2.31. The molecule has 1 heterocycles. The Hall–Kier alpha value is -0.460. The summed E-state index contributed by atoms with van der Waals surface area (Å²) in [6, 6.07) is 0. The third kappa shape index (κ3) is 5.42. The minimum absolute atomic E-state index is 0.00351. The molecule has 4 fully saturated rings. The van der Waals surface area contributed by atoms with Crippen LogP contribution >= 0.6 is 0 Å². The number of hydrogen-bond acceptors (Lipinski definition) is 5. The Balaban J connectivity index is 1.23. The van der Waals surface area contributed by atoms with E-state index in [0.29, 0.717) is 5.41 Å². The van der Waals surface area contributed by atoms with Gasteiger partial charge in [0.1, 0.15) is 18.3 Å². The van der Waals surface area contributed by atoms with Crippen LogP contribution in [0.1, 0.15) is 112 Å². The van der Waals surface area contributed by atoms with Gasteiger partial charge in [0.05, 0.1) is 12.7 Å². The largest absolute Gasteiger partial charge is 0.388 e. The fraction of sp³-hybridized carbons (Fsp3) is 0.941. The van der Waals surface area contributed by atoms with Gasteiger partial charge in [-0.1, -0.05) is 66.0 Å². The Kier molecular flexibility index (Phi) is 8.98. The Bertz CT molecular complexity index is 872. The molecule has 1 aliphatic heterocycles. The second-order valence-electron chi connectivity index (χ2n) is 15.2. The molecule has 0 aromatic heterocycles. The fourth-order valence-corrected chi connectivity index (χ4v) is 10.5. The second-order valence-corrected chi connectivity index (χ2v) is 15.2. The van der Waals surface area contributed by atoms with Crippen LogP contribution in [0.2, 0.25) is 0 Å². The van der Waals surface area contributed by atoms with Crippen molar-refractivity contribution >= 4 is 0 Å². The van der Waals surface area contributed by atoms with Crippen molar-refractivity contribution in [2.45, 2.75) is 143 Å². The third-order valence-electron chi connectivity index (χ3n) is 13.1. The van der Waals surface area contributed by atoms with Crippen molar-refractivity contribution < 1.29 is 24.8 Å². The monoisotopic (exact) mass is 546 g/mol. The Morgan fingerprint density at radius 3 is 2.46 bits per heavy atom. The minimum Gasteiger partial charge on any atom is -0.388 e. The van der Waals surface area contributed by atoms with Crippen LogP contribution in [-0.4, -0.2) is 52.6 Å². The first kappa shape index (κ1) is 30.0. The van der Waals surface area contributed by atoms with Gasteiger partial charge >= 0.3 is 0 Å². The van der Waals surface area contributed by atoms with Crippen molar-refractivity contribution in [1.82, 2.24) is 0 Å². The van der Waals surface area contributed by atoms with Gasteiger partial charge in [-0.05, 0) is 110 Å². The molecular formula is C34H58O5. The number of ether oxygens (including phenoxy) is 2. The van der Waals surface area contributed by atoms with Gasteiger partial charge in [-0.2, -0.15) is 0 Å². The first-order valence-corrected chi connectivity index (χ1v) is 16.5. The zero-order valence-corrected chi connectivity index (χ0v) is 25.6.